The number of nitrogens with one attached hydrogen (secondary N) is 1. The molecular formula is C22H22FN3O3. The summed E-state index contributed by atoms with van der Waals surface area (Å²) in [5.41, 5.74) is 2.63. The fraction of sp³-hybridized carbons (Fsp3) is 0.318. The Hall–Kier alpha value is -3.22. The molecule has 2 heterocycles. The van der Waals surface area contributed by atoms with Gasteiger partial charge < -0.3 is 9.64 Å². The lowest BCUT2D eigenvalue weighted by molar-refractivity contribution is -0.153. The third-order valence-corrected chi connectivity index (χ3v) is 5.29. The molecule has 4 rings (SSSR count). The molecule has 0 bridgehead atoms. The van der Waals surface area contributed by atoms with Gasteiger partial charge in [0.05, 0.1) is 6.61 Å². The van der Waals surface area contributed by atoms with Crippen LogP contribution in [0.2, 0.25) is 0 Å². The average Bonchev–Trinajstić information content (AvgIpc) is 2.73. The number of ether oxygens (including phenoxy) is 1. The van der Waals surface area contributed by atoms with Crippen molar-refractivity contribution in [1.29, 1.82) is 0 Å². The van der Waals surface area contributed by atoms with Gasteiger partial charge in [0.25, 0.3) is 0 Å². The number of hydrogen-bond acceptors (Lipinski definition) is 5. The van der Waals surface area contributed by atoms with Crippen molar-refractivity contribution in [2.24, 2.45) is 10.9 Å². The molecule has 1 N–H and O–H groups in total. The molecule has 0 aromatic heterocycles. The molecule has 2 aromatic rings. The van der Waals surface area contributed by atoms with Crippen LogP contribution in [0.3, 0.4) is 0 Å². The van der Waals surface area contributed by atoms with E-state index in [4.69, 9.17) is 4.74 Å². The maximum atomic E-state index is 14.5. The Balaban J connectivity index is 1.70. The Kier molecular flexibility index (Phi) is 5.29. The SMILES string of the molecule is CCOC(=O)[C@@H]1C(=O)NC(N2CCc3ccccc3C2)=N[C@H]1c1ccccc1F. The molecule has 7 heteroatoms. The van der Waals surface area contributed by atoms with Gasteiger partial charge in [0.2, 0.25) is 11.9 Å². The van der Waals surface area contributed by atoms with Crippen LogP contribution >= 0.6 is 0 Å². The minimum atomic E-state index is -1.23. The highest BCUT2D eigenvalue weighted by molar-refractivity contribution is 6.08. The van der Waals surface area contributed by atoms with Crippen molar-refractivity contribution in [2.75, 3.05) is 13.2 Å². The van der Waals surface area contributed by atoms with E-state index >= 15 is 0 Å². The largest absolute Gasteiger partial charge is 0.465 e. The van der Waals surface area contributed by atoms with Crippen LogP contribution < -0.4 is 5.32 Å². The van der Waals surface area contributed by atoms with E-state index in [1.807, 2.05) is 23.1 Å². The van der Waals surface area contributed by atoms with E-state index in [1.165, 1.54) is 11.6 Å². The summed E-state index contributed by atoms with van der Waals surface area (Å²) in [6, 6.07) is 13.2. The zero-order chi connectivity index (χ0) is 20.4. The first kappa shape index (κ1) is 19.1. The van der Waals surface area contributed by atoms with Gasteiger partial charge in [0.1, 0.15) is 11.9 Å². The van der Waals surface area contributed by atoms with E-state index in [2.05, 4.69) is 16.4 Å². The minimum Gasteiger partial charge on any atom is -0.465 e. The van der Waals surface area contributed by atoms with Gasteiger partial charge in [-0.25, -0.2) is 9.38 Å². The molecule has 1 amide bonds. The first-order chi connectivity index (χ1) is 14.1. The van der Waals surface area contributed by atoms with Gasteiger partial charge in [-0.2, -0.15) is 0 Å². The van der Waals surface area contributed by atoms with Crippen LogP contribution in [-0.4, -0.2) is 35.9 Å². The number of halogens is 1. The van der Waals surface area contributed by atoms with Gasteiger partial charge in [-0.3, -0.25) is 14.9 Å². The van der Waals surface area contributed by atoms with E-state index in [0.717, 1.165) is 12.0 Å². The van der Waals surface area contributed by atoms with E-state index in [0.29, 0.717) is 19.0 Å². The number of benzene rings is 2. The summed E-state index contributed by atoms with van der Waals surface area (Å²) < 4.78 is 19.6. The van der Waals surface area contributed by atoms with Crippen LogP contribution in [0.5, 0.6) is 0 Å². The summed E-state index contributed by atoms with van der Waals surface area (Å²) in [6.45, 7) is 3.05. The number of esters is 1. The van der Waals surface area contributed by atoms with Crippen LogP contribution in [0.25, 0.3) is 0 Å². The molecule has 0 saturated heterocycles. The first-order valence-corrected chi connectivity index (χ1v) is 9.70. The molecule has 0 aliphatic carbocycles. The number of aliphatic imine (C=N–C) groups is 1. The lowest BCUT2D eigenvalue weighted by atomic mass is 9.91. The zero-order valence-electron chi connectivity index (χ0n) is 16.1. The second-order valence-electron chi connectivity index (χ2n) is 7.08. The molecule has 2 aromatic carbocycles. The molecular weight excluding hydrogens is 373 g/mol. The first-order valence-electron chi connectivity index (χ1n) is 9.70. The number of rotatable bonds is 3. The van der Waals surface area contributed by atoms with E-state index < -0.39 is 29.7 Å². The third kappa shape index (κ3) is 3.72. The monoisotopic (exact) mass is 395 g/mol. The summed E-state index contributed by atoms with van der Waals surface area (Å²) in [5, 5.41) is 2.74. The summed E-state index contributed by atoms with van der Waals surface area (Å²) in [5.74, 6) is -2.61. The number of amides is 1. The van der Waals surface area contributed by atoms with Crippen LogP contribution in [0, 0.1) is 11.7 Å². The molecule has 0 spiro atoms. The lowest BCUT2D eigenvalue weighted by Crippen LogP contribution is -2.53. The van der Waals surface area contributed by atoms with Crippen LogP contribution in [0.1, 0.15) is 29.7 Å². The maximum absolute atomic E-state index is 14.5. The predicted molar refractivity (Wildman–Crippen MR) is 105 cm³/mol. The Morgan fingerprint density at radius 2 is 1.93 bits per heavy atom. The molecule has 2 atom stereocenters. The molecule has 0 unspecified atom stereocenters. The summed E-state index contributed by atoms with van der Waals surface area (Å²) >= 11 is 0. The Morgan fingerprint density at radius 1 is 1.21 bits per heavy atom. The number of carbonyl (C=O) groups excluding carboxylic acids is 2. The second-order valence-corrected chi connectivity index (χ2v) is 7.08. The fourth-order valence-corrected chi connectivity index (χ4v) is 3.84. The number of fused-ring (bicyclic) bond motifs is 1. The molecule has 29 heavy (non-hydrogen) atoms. The molecule has 150 valence electrons. The highest BCUT2D eigenvalue weighted by Gasteiger charge is 2.43. The number of carbonyl (C=O) groups is 2. The van der Waals surface area contributed by atoms with Gasteiger partial charge in [-0.15, -0.1) is 0 Å². The van der Waals surface area contributed by atoms with Crippen LogP contribution in [0.4, 0.5) is 4.39 Å². The molecule has 0 radical (unpaired) electrons. The third-order valence-electron chi connectivity index (χ3n) is 5.29. The van der Waals surface area contributed by atoms with Crippen molar-refractivity contribution < 1.29 is 18.7 Å². The Morgan fingerprint density at radius 3 is 2.69 bits per heavy atom. The fourth-order valence-electron chi connectivity index (χ4n) is 3.84. The summed E-state index contributed by atoms with van der Waals surface area (Å²) in [4.78, 5) is 31.9. The lowest BCUT2D eigenvalue weighted by Gasteiger charge is -2.36. The molecule has 2 aliphatic rings. The highest BCUT2D eigenvalue weighted by Crippen LogP contribution is 2.33. The summed E-state index contributed by atoms with van der Waals surface area (Å²) in [6.07, 6.45) is 0.816. The Labute approximate surface area is 168 Å². The van der Waals surface area contributed by atoms with Crippen molar-refractivity contribution in [3.63, 3.8) is 0 Å². The van der Waals surface area contributed by atoms with Crippen molar-refractivity contribution in [2.45, 2.75) is 25.9 Å². The molecule has 0 fully saturated rings. The van der Waals surface area contributed by atoms with Gasteiger partial charge in [0, 0.05) is 18.7 Å². The average molecular weight is 395 g/mol. The maximum Gasteiger partial charge on any atom is 0.321 e. The molecule has 6 nitrogen and oxygen atoms in total. The van der Waals surface area contributed by atoms with Crippen molar-refractivity contribution in [3.8, 4) is 0 Å². The van der Waals surface area contributed by atoms with Crippen molar-refractivity contribution >= 4 is 17.8 Å². The number of nitrogens with zero attached hydrogens (tertiary/aromatic N) is 2. The quantitative estimate of drug-likeness (QED) is 0.641. The minimum absolute atomic E-state index is 0.131. The van der Waals surface area contributed by atoms with E-state index in [9.17, 15) is 14.0 Å². The van der Waals surface area contributed by atoms with E-state index in [-0.39, 0.29) is 12.2 Å². The van der Waals surface area contributed by atoms with Crippen molar-refractivity contribution in [3.05, 3.63) is 71.0 Å². The van der Waals surface area contributed by atoms with Crippen LogP contribution in [-0.2, 0) is 27.3 Å². The van der Waals surface area contributed by atoms with E-state index in [1.54, 1.807) is 25.1 Å². The highest BCUT2D eigenvalue weighted by atomic mass is 19.1. The van der Waals surface area contributed by atoms with Crippen LogP contribution in [0.15, 0.2) is 53.5 Å². The van der Waals surface area contributed by atoms with Gasteiger partial charge in [0.15, 0.2) is 5.92 Å². The number of guanidine groups is 1. The predicted octanol–water partition coefficient (Wildman–Crippen LogP) is 2.59. The standard InChI is InChI=1S/C22H22FN3O3/c1-2-29-21(28)18-19(16-9-5-6-10-17(16)23)24-22(25-20(18)27)26-12-11-14-7-3-4-8-15(14)13-26/h3-10,18-19H,2,11-13H2,1H3,(H,24,25,27)/t18-,19-/m0/s1. The molecule has 0 saturated carbocycles. The smallest absolute Gasteiger partial charge is 0.321 e. The van der Waals surface area contributed by atoms with Gasteiger partial charge in [-0.1, -0.05) is 42.5 Å². The summed E-state index contributed by atoms with van der Waals surface area (Å²) in [7, 11) is 0. The normalized spacial score (nSPS) is 21.1. The topological polar surface area (TPSA) is 71.0 Å². The Bertz CT molecular complexity index is 975. The van der Waals surface area contributed by atoms with Gasteiger partial charge >= 0.3 is 5.97 Å². The second kappa shape index (κ2) is 8.03. The number of hydrogen-bond donors (Lipinski definition) is 1. The van der Waals surface area contributed by atoms with Crippen molar-refractivity contribution in [1.82, 2.24) is 10.2 Å². The molecule has 2 aliphatic heterocycles. The van der Waals surface area contributed by atoms with Gasteiger partial charge in [-0.05, 0) is 30.5 Å². The zero-order valence-corrected chi connectivity index (χ0v) is 16.1.